The molecule has 100 valence electrons. The van der Waals surface area contributed by atoms with Gasteiger partial charge in [-0.25, -0.2) is 0 Å². The summed E-state index contributed by atoms with van der Waals surface area (Å²) in [6.45, 7) is 2.51. The predicted octanol–water partition coefficient (Wildman–Crippen LogP) is 2.53. The lowest BCUT2D eigenvalue weighted by Crippen LogP contribution is -2.35. The van der Waals surface area contributed by atoms with Gasteiger partial charge >= 0.3 is 0 Å². The Morgan fingerprint density at radius 3 is 2.83 bits per heavy atom. The molecule has 1 heterocycles. The van der Waals surface area contributed by atoms with Crippen LogP contribution in [0.4, 0.5) is 0 Å². The van der Waals surface area contributed by atoms with Crippen LogP contribution in [-0.2, 0) is 9.47 Å². The highest BCUT2D eigenvalue weighted by Gasteiger charge is 2.16. The topological polar surface area (TPSA) is 30.5 Å². The van der Waals surface area contributed by atoms with E-state index in [1.807, 2.05) is 6.07 Å². The Hall–Kier alpha value is -0.900. The Labute approximate surface area is 109 Å². The Kier molecular flexibility index (Phi) is 5.65. The Balaban J connectivity index is 1.86. The fourth-order valence-corrected chi connectivity index (χ4v) is 2.37. The fraction of sp³-hybridized carbons (Fsp3) is 0.600. The van der Waals surface area contributed by atoms with Gasteiger partial charge in [0.1, 0.15) is 0 Å². The summed E-state index contributed by atoms with van der Waals surface area (Å²) < 4.78 is 11.0. The summed E-state index contributed by atoms with van der Waals surface area (Å²) in [4.78, 5) is 0. The van der Waals surface area contributed by atoms with Gasteiger partial charge in [-0.1, -0.05) is 30.3 Å². The van der Waals surface area contributed by atoms with Crippen LogP contribution in [0.25, 0.3) is 0 Å². The highest BCUT2D eigenvalue weighted by atomic mass is 16.5. The van der Waals surface area contributed by atoms with E-state index in [1.54, 1.807) is 7.11 Å². The smallest absolute Gasteiger partial charge is 0.0699 e. The number of ether oxygens (including phenoxy) is 2. The van der Waals surface area contributed by atoms with E-state index in [0.29, 0.717) is 12.7 Å². The third kappa shape index (κ3) is 4.09. The molecule has 0 amide bonds. The van der Waals surface area contributed by atoms with Crippen molar-refractivity contribution in [3.8, 4) is 0 Å². The zero-order chi connectivity index (χ0) is 12.6. The quantitative estimate of drug-likeness (QED) is 0.840. The molecule has 0 aliphatic carbocycles. The minimum Gasteiger partial charge on any atom is -0.383 e. The molecule has 0 saturated carbocycles. The Morgan fingerprint density at radius 1 is 1.33 bits per heavy atom. The van der Waals surface area contributed by atoms with Crippen LogP contribution in [0.2, 0.25) is 0 Å². The monoisotopic (exact) mass is 249 g/mol. The van der Waals surface area contributed by atoms with Crippen LogP contribution in [-0.4, -0.2) is 33.0 Å². The molecule has 0 aromatic heterocycles. The van der Waals surface area contributed by atoms with Gasteiger partial charge in [-0.05, 0) is 24.8 Å². The maximum Gasteiger partial charge on any atom is 0.0699 e. The third-order valence-corrected chi connectivity index (χ3v) is 3.40. The van der Waals surface area contributed by atoms with Crippen LogP contribution in [0.5, 0.6) is 0 Å². The second-order valence-electron chi connectivity index (χ2n) is 4.82. The van der Waals surface area contributed by atoms with Crippen molar-refractivity contribution in [1.29, 1.82) is 0 Å². The van der Waals surface area contributed by atoms with Crippen LogP contribution >= 0.6 is 0 Å². The van der Waals surface area contributed by atoms with E-state index in [4.69, 9.17) is 9.47 Å². The molecule has 3 heteroatoms. The molecule has 1 saturated heterocycles. The summed E-state index contributed by atoms with van der Waals surface area (Å²) in [5, 5.41) is 3.56. The summed E-state index contributed by atoms with van der Waals surface area (Å²) in [7, 11) is 1.74. The van der Waals surface area contributed by atoms with Gasteiger partial charge in [0.15, 0.2) is 0 Å². The lowest BCUT2D eigenvalue weighted by molar-refractivity contribution is 0.0134. The van der Waals surface area contributed by atoms with Gasteiger partial charge in [-0.2, -0.15) is 0 Å². The van der Waals surface area contributed by atoms with E-state index in [9.17, 15) is 0 Å². The van der Waals surface area contributed by atoms with Crippen LogP contribution in [0.3, 0.4) is 0 Å². The fourth-order valence-electron chi connectivity index (χ4n) is 2.37. The zero-order valence-electron chi connectivity index (χ0n) is 11.1. The first-order chi connectivity index (χ1) is 8.90. The van der Waals surface area contributed by atoms with Crippen LogP contribution in [0.15, 0.2) is 30.3 Å². The molecule has 2 atom stereocenters. The van der Waals surface area contributed by atoms with Crippen molar-refractivity contribution in [3.63, 3.8) is 0 Å². The van der Waals surface area contributed by atoms with Crippen molar-refractivity contribution in [2.45, 2.75) is 31.4 Å². The molecule has 1 aromatic rings. The number of hydrogen-bond acceptors (Lipinski definition) is 3. The number of rotatable bonds is 6. The highest BCUT2D eigenvalue weighted by molar-refractivity contribution is 5.18. The van der Waals surface area contributed by atoms with Crippen molar-refractivity contribution in [2.75, 3.05) is 26.9 Å². The van der Waals surface area contributed by atoms with E-state index < -0.39 is 0 Å². The zero-order valence-corrected chi connectivity index (χ0v) is 11.1. The molecule has 1 N–H and O–H groups in total. The predicted molar refractivity (Wildman–Crippen MR) is 72.7 cm³/mol. The average Bonchev–Trinajstić information content (AvgIpc) is 2.45. The summed E-state index contributed by atoms with van der Waals surface area (Å²) in [6.07, 6.45) is 4.02. The van der Waals surface area contributed by atoms with Gasteiger partial charge in [0.25, 0.3) is 0 Å². The number of methoxy groups -OCH3 is 1. The molecule has 0 bridgehead atoms. The highest BCUT2D eigenvalue weighted by Crippen LogP contribution is 2.16. The minimum absolute atomic E-state index is 0.252. The molecule has 0 spiro atoms. The van der Waals surface area contributed by atoms with Crippen LogP contribution in [0, 0.1) is 0 Å². The van der Waals surface area contributed by atoms with Crippen molar-refractivity contribution < 1.29 is 9.47 Å². The molecule has 3 nitrogen and oxygen atoms in total. The van der Waals surface area contributed by atoms with E-state index in [1.165, 1.54) is 24.8 Å². The summed E-state index contributed by atoms with van der Waals surface area (Å²) in [5.74, 6) is 0. The van der Waals surface area contributed by atoms with Crippen molar-refractivity contribution in [2.24, 2.45) is 0 Å². The van der Waals surface area contributed by atoms with Crippen molar-refractivity contribution in [1.82, 2.24) is 5.32 Å². The Bertz CT molecular complexity index is 323. The molecule has 2 rings (SSSR count). The van der Waals surface area contributed by atoms with E-state index >= 15 is 0 Å². The Morgan fingerprint density at radius 2 is 2.17 bits per heavy atom. The van der Waals surface area contributed by atoms with Gasteiger partial charge in [-0.3, -0.25) is 0 Å². The van der Waals surface area contributed by atoms with Crippen LogP contribution in [0.1, 0.15) is 30.9 Å². The van der Waals surface area contributed by atoms with E-state index in [-0.39, 0.29) is 6.04 Å². The first-order valence-corrected chi connectivity index (χ1v) is 6.79. The maximum atomic E-state index is 5.74. The van der Waals surface area contributed by atoms with E-state index in [0.717, 1.165) is 13.2 Å². The number of benzene rings is 1. The minimum atomic E-state index is 0.252. The molecular weight excluding hydrogens is 226 g/mol. The van der Waals surface area contributed by atoms with Crippen LogP contribution < -0.4 is 5.32 Å². The standard InChI is InChI=1S/C15H23NO2/c1-17-12-15(13-7-3-2-4-8-13)16-11-14-9-5-6-10-18-14/h2-4,7-8,14-16H,5-6,9-12H2,1H3. The molecule has 1 fully saturated rings. The van der Waals surface area contributed by atoms with E-state index in [2.05, 4.69) is 29.6 Å². The lowest BCUT2D eigenvalue weighted by Gasteiger charge is -2.26. The van der Waals surface area contributed by atoms with Gasteiger partial charge in [-0.15, -0.1) is 0 Å². The second-order valence-corrected chi connectivity index (χ2v) is 4.82. The van der Waals surface area contributed by atoms with Gasteiger partial charge < -0.3 is 14.8 Å². The molecule has 1 aliphatic heterocycles. The summed E-state index contributed by atoms with van der Waals surface area (Å²) in [6, 6.07) is 10.7. The number of nitrogens with one attached hydrogen (secondary N) is 1. The molecular formula is C15H23NO2. The summed E-state index contributed by atoms with van der Waals surface area (Å²) >= 11 is 0. The lowest BCUT2D eigenvalue weighted by atomic mass is 10.1. The second kappa shape index (κ2) is 7.52. The first kappa shape index (κ1) is 13.5. The van der Waals surface area contributed by atoms with Gasteiger partial charge in [0.2, 0.25) is 0 Å². The van der Waals surface area contributed by atoms with Gasteiger partial charge in [0.05, 0.1) is 18.8 Å². The SMILES string of the molecule is COCC(NCC1CCCCO1)c1ccccc1. The number of hydrogen-bond donors (Lipinski definition) is 1. The van der Waals surface area contributed by atoms with Crippen molar-refractivity contribution in [3.05, 3.63) is 35.9 Å². The largest absolute Gasteiger partial charge is 0.383 e. The summed E-state index contributed by atoms with van der Waals surface area (Å²) in [5.41, 5.74) is 1.27. The van der Waals surface area contributed by atoms with Crippen molar-refractivity contribution >= 4 is 0 Å². The third-order valence-electron chi connectivity index (χ3n) is 3.40. The normalized spacial score (nSPS) is 21.7. The molecule has 18 heavy (non-hydrogen) atoms. The molecule has 2 unspecified atom stereocenters. The molecule has 0 radical (unpaired) electrons. The molecule has 1 aromatic carbocycles. The molecule has 1 aliphatic rings. The first-order valence-electron chi connectivity index (χ1n) is 6.79. The average molecular weight is 249 g/mol. The van der Waals surface area contributed by atoms with Gasteiger partial charge in [0, 0.05) is 20.3 Å². The maximum absolute atomic E-state index is 5.74.